The first kappa shape index (κ1) is 12.8. The second-order valence-electron chi connectivity index (χ2n) is 7.33. The lowest BCUT2D eigenvalue weighted by molar-refractivity contribution is -0.00445. The molecule has 1 heterocycles. The minimum absolute atomic E-state index is 0.680. The fourth-order valence-electron chi connectivity index (χ4n) is 5.60. The van der Waals surface area contributed by atoms with Crippen LogP contribution in [0.15, 0.2) is 6.33 Å². The lowest BCUT2D eigenvalue weighted by Crippen LogP contribution is -2.44. The minimum atomic E-state index is 0.680. The molecule has 0 aliphatic heterocycles. The van der Waals surface area contributed by atoms with E-state index in [2.05, 4.69) is 11.9 Å². The van der Waals surface area contributed by atoms with Gasteiger partial charge in [0.15, 0.2) is 0 Å². The van der Waals surface area contributed by atoms with Crippen LogP contribution in [0.25, 0.3) is 0 Å². The fraction of sp³-hybridized carbons (Fsp3) is 0.765. The zero-order valence-electron chi connectivity index (χ0n) is 12.4. The highest BCUT2D eigenvalue weighted by Crippen LogP contribution is 2.59. The Morgan fingerprint density at radius 3 is 2.30 bits per heavy atom. The van der Waals surface area contributed by atoms with Crippen molar-refractivity contribution >= 4 is 0 Å². The van der Waals surface area contributed by atoms with E-state index in [0.717, 1.165) is 30.1 Å². The largest absolute Gasteiger partial charge is 0.330 e. The first-order chi connectivity index (χ1) is 9.76. The average molecular weight is 271 g/mol. The van der Waals surface area contributed by atoms with Crippen molar-refractivity contribution < 1.29 is 0 Å². The van der Waals surface area contributed by atoms with E-state index in [0.29, 0.717) is 12.5 Å². The Balaban J connectivity index is 1.69. The molecule has 4 fully saturated rings. The van der Waals surface area contributed by atoms with Gasteiger partial charge in [0.25, 0.3) is 0 Å². The first-order valence-corrected chi connectivity index (χ1v) is 8.26. The molecule has 20 heavy (non-hydrogen) atoms. The highest BCUT2D eigenvalue weighted by Gasteiger charge is 2.49. The third-order valence-corrected chi connectivity index (χ3v) is 6.15. The van der Waals surface area contributed by atoms with E-state index in [-0.39, 0.29) is 0 Å². The Morgan fingerprint density at radius 1 is 1.05 bits per heavy atom. The van der Waals surface area contributed by atoms with Gasteiger partial charge in [0.2, 0.25) is 0 Å². The molecule has 0 saturated heterocycles. The third kappa shape index (κ3) is 1.90. The molecule has 108 valence electrons. The standard InChI is InChI=1S/C17H25N3/c1-10-15(2-3-18)19-9-20-17(10)16-13-5-11-4-12(7-13)8-14(16)6-11/h9,11-14,16H,2-8,18H2,1H3. The predicted molar refractivity (Wildman–Crippen MR) is 79.3 cm³/mol. The lowest BCUT2D eigenvalue weighted by atomic mass is 9.51. The number of hydrogen-bond donors (Lipinski definition) is 1. The van der Waals surface area contributed by atoms with Gasteiger partial charge in [-0.15, -0.1) is 0 Å². The fourth-order valence-corrected chi connectivity index (χ4v) is 5.60. The zero-order chi connectivity index (χ0) is 13.7. The molecular formula is C17H25N3. The number of hydrogen-bond acceptors (Lipinski definition) is 3. The Morgan fingerprint density at radius 2 is 1.70 bits per heavy atom. The Kier molecular flexibility index (Phi) is 3.06. The van der Waals surface area contributed by atoms with E-state index in [1.807, 2.05) is 0 Å². The maximum absolute atomic E-state index is 5.71. The molecule has 0 spiro atoms. The highest BCUT2D eigenvalue weighted by molar-refractivity contribution is 5.29. The van der Waals surface area contributed by atoms with Gasteiger partial charge in [-0.1, -0.05) is 0 Å². The Bertz CT molecular complexity index is 483. The van der Waals surface area contributed by atoms with Crippen molar-refractivity contribution in [3.63, 3.8) is 0 Å². The summed E-state index contributed by atoms with van der Waals surface area (Å²) in [5, 5.41) is 0. The van der Waals surface area contributed by atoms with E-state index in [9.17, 15) is 0 Å². The monoisotopic (exact) mass is 271 g/mol. The molecule has 0 atom stereocenters. The average Bonchev–Trinajstić information content (AvgIpc) is 2.41. The topological polar surface area (TPSA) is 51.8 Å². The van der Waals surface area contributed by atoms with Crippen molar-refractivity contribution in [2.45, 2.75) is 51.4 Å². The summed E-state index contributed by atoms with van der Waals surface area (Å²) < 4.78 is 0. The molecule has 4 bridgehead atoms. The highest BCUT2D eigenvalue weighted by atomic mass is 14.9. The SMILES string of the molecule is Cc1c(CCN)ncnc1C1C2CC3CC(C2)CC1C3. The molecule has 4 aliphatic rings. The molecule has 1 aromatic heterocycles. The first-order valence-electron chi connectivity index (χ1n) is 8.26. The molecule has 0 radical (unpaired) electrons. The van der Waals surface area contributed by atoms with E-state index in [1.165, 1.54) is 49.1 Å². The lowest BCUT2D eigenvalue weighted by Gasteiger charge is -2.54. The van der Waals surface area contributed by atoms with Gasteiger partial charge < -0.3 is 5.73 Å². The predicted octanol–water partition coefficient (Wildman–Crippen LogP) is 2.83. The van der Waals surface area contributed by atoms with Crippen molar-refractivity contribution in [2.24, 2.45) is 29.4 Å². The van der Waals surface area contributed by atoms with Crippen LogP contribution < -0.4 is 5.73 Å². The summed E-state index contributed by atoms with van der Waals surface area (Å²) >= 11 is 0. The number of rotatable bonds is 3. The normalized spacial score (nSPS) is 38.4. The zero-order valence-corrected chi connectivity index (χ0v) is 12.4. The molecule has 4 saturated carbocycles. The summed E-state index contributed by atoms with van der Waals surface area (Å²) in [7, 11) is 0. The Labute approximate surface area is 121 Å². The van der Waals surface area contributed by atoms with Crippen molar-refractivity contribution in [1.29, 1.82) is 0 Å². The van der Waals surface area contributed by atoms with Gasteiger partial charge in [0.05, 0.1) is 5.69 Å². The second-order valence-corrected chi connectivity index (χ2v) is 7.33. The van der Waals surface area contributed by atoms with Crippen molar-refractivity contribution in [2.75, 3.05) is 6.54 Å². The van der Waals surface area contributed by atoms with E-state index < -0.39 is 0 Å². The van der Waals surface area contributed by atoms with Crippen LogP contribution in [-0.2, 0) is 6.42 Å². The summed E-state index contributed by atoms with van der Waals surface area (Å²) in [5.74, 6) is 4.55. The maximum atomic E-state index is 5.71. The van der Waals surface area contributed by atoms with E-state index >= 15 is 0 Å². The van der Waals surface area contributed by atoms with Gasteiger partial charge in [-0.2, -0.15) is 0 Å². The van der Waals surface area contributed by atoms with Crippen molar-refractivity contribution in [1.82, 2.24) is 9.97 Å². The summed E-state index contributed by atoms with van der Waals surface area (Å²) in [4.78, 5) is 9.17. The quantitative estimate of drug-likeness (QED) is 0.919. The molecule has 5 rings (SSSR count). The summed E-state index contributed by atoms with van der Waals surface area (Å²) in [6.07, 6.45) is 9.98. The molecular weight excluding hydrogens is 246 g/mol. The molecule has 3 nitrogen and oxygen atoms in total. The molecule has 1 aromatic rings. The molecule has 0 amide bonds. The van der Waals surface area contributed by atoms with Gasteiger partial charge in [-0.25, -0.2) is 9.97 Å². The van der Waals surface area contributed by atoms with Crippen molar-refractivity contribution in [3.8, 4) is 0 Å². The van der Waals surface area contributed by atoms with Gasteiger partial charge in [0.1, 0.15) is 6.33 Å². The van der Waals surface area contributed by atoms with Crippen LogP contribution in [0.4, 0.5) is 0 Å². The van der Waals surface area contributed by atoms with Crippen LogP contribution >= 0.6 is 0 Å². The second kappa shape index (κ2) is 4.80. The molecule has 0 aromatic carbocycles. The van der Waals surface area contributed by atoms with Crippen LogP contribution in [0.1, 0.15) is 55.0 Å². The smallest absolute Gasteiger partial charge is 0.115 e. The van der Waals surface area contributed by atoms with Crippen LogP contribution in [0.2, 0.25) is 0 Å². The number of nitrogens with zero attached hydrogens (tertiary/aromatic N) is 2. The number of aromatic nitrogens is 2. The summed E-state index contributed by atoms with van der Waals surface area (Å²) in [5.41, 5.74) is 9.57. The number of nitrogens with two attached hydrogens (primary N) is 1. The van der Waals surface area contributed by atoms with Crippen LogP contribution in [0.3, 0.4) is 0 Å². The van der Waals surface area contributed by atoms with E-state index in [1.54, 1.807) is 6.33 Å². The third-order valence-electron chi connectivity index (χ3n) is 6.15. The Hall–Kier alpha value is -0.960. The maximum Gasteiger partial charge on any atom is 0.115 e. The van der Waals surface area contributed by atoms with Crippen LogP contribution in [-0.4, -0.2) is 16.5 Å². The van der Waals surface area contributed by atoms with Gasteiger partial charge in [-0.05, 0) is 74.8 Å². The summed E-state index contributed by atoms with van der Waals surface area (Å²) in [6, 6.07) is 0. The molecule has 0 unspecified atom stereocenters. The van der Waals surface area contributed by atoms with Crippen molar-refractivity contribution in [3.05, 3.63) is 23.3 Å². The van der Waals surface area contributed by atoms with Gasteiger partial charge in [0, 0.05) is 18.0 Å². The van der Waals surface area contributed by atoms with Crippen LogP contribution in [0.5, 0.6) is 0 Å². The minimum Gasteiger partial charge on any atom is -0.330 e. The van der Waals surface area contributed by atoms with Gasteiger partial charge in [-0.3, -0.25) is 0 Å². The molecule has 4 aliphatic carbocycles. The molecule has 3 heteroatoms. The molecule has 2 N–H and O–H groups in total. The van der Waals surface area contributed by atoms with E-state index in [4.69, 9.17) is 10.7 Å². The van der Waals surface area contributed by atoms with Gasteiger partial charge >= 0.3 is 0 Å². The summed E-state index contributed by atoms with van der Waals surface area (Å²) in [6.45, 7) is 2.89. The van der Waals surface area contributed by atoms with Crippen LogP contribution in [0, 0.1) is 30.6 Å².